The highest BCUT2D eigenvalue weighted by atomic mass is 19.4. The van der Waals surface area contributed by atoms with Crippen molar-refractivity contribution in [2.75, 3.05) is 44.6 Å². The van der Waals surface area contributed by atoms with Gasteiger partial charge in [-0.3, -0.25) is 24.2 Å². The number of carbonyl (C=O) groups excluding carboxylic acids is 4. The Morgan fingerprint density at radius 3 is 2.23 bits per heavy atom. The number of piperazine rings is 1. The van der Waals surface area contributed by atoms with E-state index in [-0.39, 0.29) is 36.6 Å². The fourth-order valence-corrected chi connectivity index (χ4v) is 4.67. The lowest BCUT2D eigenvalue weighted by molar-refractivity contribution is -0.274. The number of imide groups is 1. The van der Waals surface area contributed by atoms with Gasteiger partial charge in [0.2, 0.25) is 11.8 Å². The van der Waals surface area contributed by atoms with Crippen LogP contribution in [-0.2, 0) is 14.4 Å². The van der Waals surface area contributed by atoms with E-state index >= 15 is 0 Å². The number of ether oxygens (including phenoxy) is 1. The molecule has 35 heavy (non-hydrogen) atoms. The van der Waals surface area contributed by atoms with Gasteiger partial charge in [0, 0.05) is 31.9 Å². The molecule has 0 atom stereocenters. The molecule has 0 bridgehead atoms. The van der Waals surface area contributed by atoms with Gasteiger partial charge in [0.25, 0.3) is 5.91 Å². The van der Waals surface area contributed by atoms with Crippen LogP contribution in [0.25, 0.3) is 0 Å². The number of benzene rings is 1. The number of urea groups is 1. The Balaban J connectivity index is 1.21. The van der Waals surface area contributed by atoms with Gasteiger partial charge in [-0.15, -0.1) is 13.2 Å². The minimum absolute atomic E-state index is 0.0400. The van der Waals surface area contributed by atoms with Crippen molar-refractivity contribution in [2.45, 2.75) is 37.6 Å². The van der Waals surface area contributed by atoms with Crippen molar-refractivity contribution in [3.8, 4) is 5.75 Å². The largest absolute Gasteiger partial charge is 0.573 e. The van der Waals surface area contributed by atoms with Crippen LogP contribution in [0.5, 0.6) is 5.75 Å². The number of hydrogen-bond acceptors (Lipinski definition) is 6. The fourth-order valence-electron chi connectivity index (χ4n) is 4.67. The summed E-state index contributed by atoms with van der Waals surface area (Å²) in [6.45, 7) is 1.25. The third kappa shape index (κ3) is 5.84. The van der Waals surface area contributed by atoms with Crippen LogP contribution in [0.3, 0.4) is 0 Å². The number of amides is 5. The maximum absolute atomic E-state index is 12.7. The maximum Gasteiger partial charge on any atom is 0.573 e. The number of alkyl halides is 3. The second-order valence-corrected chi connectivity index (χ2v) is 8.89. The summed E-state index contributed by atoms with van der Waals surface area (Å²) in [6.07, 6.45) is -1.88. The highest BCUT2D eigenvalue weighted by molar-refractivity contribution is 6.09. The number of nitrogens with zero attached hydrogens (tertiary/aromatic N) is 3. The molecule has 0 aromatic heterocycles. The summed E-state index contributed by atoms with van der Waals surface area (Å²) in [4.78, 5) is 54.4. The molecule has 10 nitrogen and oxygen atoms in total. The van der Waals surface area contributed by atoms with E-state index in [4.69, 9.17) is 0 Å². The number of hydrogen-bond donors (Lipinski definition) is 2. The SMILES string of the molecule is O=C(CN1CCN(C(=O)CN2C(=O)NC3(CCCC3)C2=O)CC1)Nc1ccc(OC(F)(F)F)cc1. The van der Waals surface area contributed by atoms with E-state index in [2.05, 4.69) is 15.4 Å². The lowest BCUT2D eigenvalue weighted by Crippen LogP contribution is -2.53. The molecule has 2 aliphatic heterocycles. The normalized spacial score (nSPS) is 20.3. The summed E-state index contributed by atoms with van der Waals surface area (Å²) < 4.78 is 40.5. The lowest BCUT2D eigenvalue weighted by Gasteiger charge is -2.34. The first-order valence-corrected chi connectivity index (χ1v) is 11.3. The summed E-state index contributed by atoms with van der Waals surface area (Å²) in [5.41, 5.74) is -0.526. The molecule has 2 heterocycles. The zero-order chi connectivity index (χ0) is 25.2. The molecule has 1 spiro atoms. The van der Waals surface area contributed by atoms with Crippen LogP contribution in [0.1, 0.15) is 25.7 Å². The van der Waals surface area contributed by atoms with Gasteiger partial charge in [0.15, 0.2) is 0 Å². The highest BCUT2D eigenvalue weighted by Crippen LogP contribution is 2.35. The van der Waals surface area contributed by atoms with Gasteiger partial charge in [0.05, 0.1) is 6.54 Å². The average Bonchev–Trinajstić information content (AvgIpc) is 3.35. The van der Waals surface area contributed by atoms with E-state index in [1.807, 2.05) is 4.90 Å². The molecule has 3 fully saturated rings. The van der Waals surface area contributed by atoms with Crippen LogP contribution in [0, 0.1) is 0 Å². The molecule has 2 saturated heterocycles. The first-order valence-electron chi connectivity index (χ1n) is 11.3. The Hall–Kier alpha value is -3.35. The molecular formula is C22H26F3N5O5. The zero-order valence-electron chi connectivity index (χ0n) is 18.9. The summed E-state index contributed by atoms with van der Waals surface area (Å²) in [7, 11) is 0. The number of halogens is 3. The Morgan fingerprint density at radius 2 is 1.63 bits per heavy atom. The summed E-state index contributed by atoms with van der Waals surface area (Å²) >= 11 is 0. The van der Waals surface area contributed by atoms with Gasteiger partial charge in [-0.25, -0.2) is 4.79 Å². The molecule has 1 saturated carbocycles. The lowest BCUT2D eigenvalue weighted by atomic mass is 9.98. The highest BCUT2D eigenvalue weighted by Gasteiger charge is 2.52. The monoisotopic (exact) mass is 497 g/mol. The molecule has 5 amide bonds. The van der Waals surface area contributed by atoms with Crippen molar-refractivity contribution in [1.82, 2.24) is 20.0 Å². The van der Waals surface area contributed by atoms with Gasteiger partial charge >= 0.3 is 12.4 Å². The molecule has 3 aliphatic rings. The van der Waals surface area contributed by atoms with Gasteiger partial charge in [-0.05, 0) is 37.1 Å². The zero-order valence-corrected chi connectivity index (χ0v) is 18.9. The van der Waals surface area contributed by atoms with Gasteiger partial charge in [-0.1, -0.05) is 12.8 Å². The fraction of sp³-hybridized carbons (Fsp3) is 0.545. The van der Waals surface area contributed by atoms with E-state index < -0.39 is 17.9 Å². The Labute approximate surface area is 199 Å². The van der Waals surface area contributed by atoms with E-state index in [0.29, 0.717) is 44.7 Å². The molecule has 1 aliphatic carbocycles. The first-order chi connectivity index (χ1) is 16.5. The van der Waals surface area contributed by atoms with E-state index in [1.165, 1.54) is 12.1 Å². The van der Waals surface area contributed by atoms with Crippen molar-refractivity contribution < 1.29 is 37.1 Å². The Morgan fingerprint density at radius 1 is 1.00 bits per heavy atom. The minimum atomic E-state index is -4.79. The van der Waals surface area contributed by atoms with Crippen molar-refractivity contribution in [3.63, 3.8) is 0 Å². The topological polar surface area (TPSA) is 111 Å². The van der Waals surface area contributed by atoms with Gasteiger partial charge in [0.1, 0.15) is 17.8 Å². The van der Waals surface area contributed by atoms with Crippen LogP contribution in [-0.4, -0.2) is 89.6 Å². The first kappa shape index (κ1) is 24.8. The van der Waals surface area contributed by atoms with Crippen LogP contribution in [0.15, 0.2) is 24.3 Å². The summed E-state index contributed by atoms with van der Waals surface area (Å²) in [5, 5.41) is 5.36. The van der Waals surface area contributed by atoms with Crippen LogP contribution >= 0.6 is 0 Å². The Kier molecular flexibility index (Phi) is 6.88. The van der Waals surface area contributed by atoms with E-state index in [1.54, 1.807) is 4.90 Å². The molecule has 13 heteroatoms. The number of carbonyl (C=O) groups is 4. The van der Waals surface area contributed by atoms with Crippen molar-refractivity contribution in [2.24, 2.45) is 0 Å². The van der Waals surface area contributed by atoms with Crippen molar-refractivity contribution in [1.29, 1.82) is 0 Å². The van der Waals surface area contributed by atoms with Crippen molar-refractivity contribution >= 4 is 29.4 Å². The molecule has 0 radical (unpaired) electrons. The van der Waals surface area contributed by atoms with E-state index in [9.17, 15) is 32.3 Å². The molecule has 2 N–H and O–H groups in total. The second kappa shape index (κ2) is 9.72. The standard InChI is InChI=1S/C22H26F3N5O5/c23-22(24,25)35-16-5-3-15(4-6-16)26-17(31)13-28-9-11-29(12-10-28)18(32)14-30-19(33)21(27-20(30)34)7-1-2-8-21/h3-6H,1-2,7-14H2,(H,26,31)(H,27,34). The molecule has 1 aromatic rings. The third-order valence-corrected chi connectivity index (χ3v) is 6.46. The number of nitrogens with one attached hydrogen (secondary N) is 2. The van der Waals surface area contributed by atoms with Gasteiger partial charge in [-0.2, -0.15) is 0 Å². The molecule has 4 rings (SSSR count). The number of anilines is 1. The summed E-state index contributed by atoms with van der Waals surface area (Å²) in [6, 6.07) is 4.29. The maximum atomic E-state index is 12.7. The average molecular weight is 497 g/mol. The number of rotatable bonds is 6. The molecule has 0 unspecified atom stereocenters. The van der Waals surface area contributed by atoms with E-state index in [0.717, 1.165) is 29.9 Å². The quantitative estimate of drug-likeness (QED) is 0.577. The summed E-state index contributed by atoms with van der Waals surface area (Å²) in [5.74, 6) is -1.39. The third-order valence-electron chi connectivity index (χ3n) is 6.46. The van der Waals surface area contributed by atoms with Crippen LogP contribution in [0.2, 0.25) is 0 Å². The van der Waals surface area contributed by atoms with Crippen LogP contribution in [0.4, 0.5) is 23.7 Å². The second-order valence-electron chi connectivity index (χ2n) is 8.89. The van der Waals surface area contributed by atoms with Crippen LogP contribution < -0.4 is 15.4 Å². The predicted molar refractivity (Wildman–Crippen MR) is 116 cm³/mol. The molecular weight excluding hydrogens is 471 g/mol. The smallest absolute Gasteiger partial charge is 0.406 e. The van der Waals surface area contributed by atoms with Gasteiger partial charge < -0.3 is 20.3 Å². The predicted octanol–water partition coefficient (Wildman–Crippen LogP) is 1.53. The minimum Gasteiger partial charge on any atom is -0.406 e. The molecule has 190 valence electrons. The van der Waals surface area contributed by atoms with Crippen molar-refractivity contribution in [3.05, 3.63) is 24.3 Å². The Bertz CT molecular complexity index is 986. The molecule has 1 aromatic carbocycles.